The van der Waals surface area contributed by atoms with E-state index in [4.69, 9.17) is 14.7 Å². The molecule has 3 fully saturated rings. The van der Waals surface area contributed by atoms with Crippen LogP contribution in [0.4, 0.5) is 0 Å². The van der Waals surface area contributed by atoms with Crippen molar-refractivity contribution in [3.8, 4) is 11.3 Å². The lowest BCUT2D eigenvalue weighted by Crippen LogP contribution is -2.39. The van der Waals surface area contributed by atoms with Crippen LogP contribution in [0.2, 0.25) is 0 Å². The summed E-state index contributed by atoms with van der Waals surface area (Å²) in [6, 6.07) is 15.1. The number of nitrogens with one attached hydrogen (secondary N) is 2. The van der Waals surface area contributed by atoms with Crippen LogP contribution in [0, 0.1) is 0 Å². The smallest absolute Gasteiger partial charge is 0.123 e. The van der Waals surface area contributed by atoms with Gasteiger partial charge in [-0.1, -0.05) is 48.6 Å². The van der Waals surface area contributed by atoms with Gasteiger partial charge in [-0.25, -0.2) is 9.97 Å². The Morgan fingerprint density at radius 3 is 2.37 bits per heavy atom. The van der Waals surface area contributed by atoms with Gasteiger partial charge in [0.25, 0.3) is 0 Å². The number of hydrogen-bond acceptors (Lipinski definition) is 5. The van der Waals surface area contributed by atoms with Gasteiger partial charge >= 0.3 is 0 Å². The molecule has 0 bridgehead atoms. The summed E-state index contributed by atoms with van der Waals surface area (Å²) in [7, 11) is 2.19. The summed E-state index contributed by atoms with van der Waals surface area (Å²) in [5.41, 5.74) is 6.04. The summed E-state index contributed by atoms with van der Waals surface area (Å²) >= 11 is 0. The zero-order chi connectivity index (χ0) is 28.8. The van der Waals surface area contributed by atoms with Crippen molar-refractivity contribution < 1.29 is 4.74 Å². The molecule has 0 radical (unpaired) electrons. The van der Waals surface area contributed by atoms with Gasteiger partial charge in [-0.3, -0.25) is 9.80 Å². The molecule has 4 aliphatic rings. The zero-order valence-electron chi connectivity index (χ0n) is 25.1. The van der Waals surface area contributed by atoms with E-state index in [0.29, 0.717) is 24.0 Å². The Kier molecular flexibility index (Phi) is 7.25. The molecule has 222 valence electrons. The minimum absolute atomic E-state index is 0.382. The summed E-state index contributed by atoms with van der Waals surface area (Å²) in [5, 5.41) is 2.54. The maximum Gasteiger partial charge on any atom is 0.123 e. The van der Waals surface area contributed by atoms with Gasteiger partial charge in [0, 0.05) is 30.7 Å². The molecule has 8 rings (SSSR count). The first kappa shape index (κ1) is 27.1. The molecular weight excluding hydrogens is 532 g/mol. The molecule has 3 aliphatic heterocycles. The Morgan fingerprint density at radius 1 is 0.814 bits per heavy atom. The van der Waals surface area contributed by atoms with E-state index in [9.17, 15) is 0 Å². The molecule has 0 saturated carbocycles. The lowest BCUT2D eigenvalue weighted by atomic mass is 9.88. The molecule has 1 unspecified atom stereocenters. The minimum Gasteiger partial charge on any atom is -0.381 e. The van der Waals surface area contributed by atoms with E-state index in [-0.39, 0.29) is 0 Å². The largest absolute Gasteiger partial charge is 0.381 e. The first-order valence-corrected chi connectivity index (χ1v) is 16.3. The quantitative estimate of drug-likeness (QED) is 0.256. The van der Waals surface area contributed by atoms with Crippen LogP contribution < -0.4 is 0 Å². The van der Waals surface area contributed by atoms with Crippen LogP contribution in [0.1, 0.15) is 85.9 Å². The third-order valence-corrected chi connectivity index (χ3v) is 10.3. The predicted molar refractivity (Wildman–Crippen MR) is 172 cm³/mol. The molecule has 1 aliphatic carbocycles. The number of benzene rings is 2. The van der Waals surface area contributed by atoms with Crippen molar-refractivity contribution in [2.24, 2.45) is 0 Å². The van der Waals surface area contributed by atoms with Crippen molar-refractivity contribution in [2.75, 3.05) is 33.4 Å². The highest BCUT2D eigenvalue weighted by atomic mass is 16.5. The third kappa shape index (κ3) is 5.28. The van der Waals surface area contributed by atoms with Crippen LogP contribution in [-0.4, -0.2) is 69.1 Å². The average molecular weight is 575 g/mol. The number of aromatic amines is 2. The number of aromatic nitrogens is 4. The van der Waals surface area contributed by atoms with Crippen molar-refractivity contribution in [3.05, 3.63) is 89.9 Å². The van der Waals surface area contributed by atoms with Gasteiger partial charge in [-0.15, -0.1) is 0 Å². The Balaban J connectivity index is 0.944. The van der Waals surface area contributed by atoms with Gasteiger partial charge < -0.3 is 14.7 Å². The molecule has 2 aromatic carbocycles. The van der Waals surface area contributed by atoms with E-state index >= 15 is 0 Å². The monoisotopic (exact) mass is 574 g/mol. The molecule has 3 atom stereocenters. The van der Waals surface area contributed by atoms with Crippen LogP contribution in [0.15, 0.2) is 67.0 Å². The van der Waals surface area contributed by atoms with Gasteiger partial charge in [-0.2, -0.15) is 0 Å². The predicted octanol–water partition coefficient (Wildman–Crippen LogP) is 7.16. The number of allylic oxidation sites excluding steroid dienone is 4. The Hall–Kier alpha value is -3.52. The van der Waals surface area contributed by atoms with Gasteiger partial charge in [0.05, 0.1) is 35.9 Å². The highest BCUT2D eigenvalue weighted by molar-refractivity contribution is 5.87. The van der Waals surface area contributed by atoms with Crippen molar-refractivity contribution in [1.82, 2.24) is 29.7 Å². The summed E-state index contributed by atoms with van der Waals surface area (Å²) in [6.45, 7) is 4.09. The van der Waals surface area contributed by atoms with E-state index in [1.165, 1.54) is 59.7 Å². The SMILES string of the molecule is CN1CCC[C@H]1c1ncc(-c2ccc3cc(C4C=CC(c5cnc([C@@H]6CCCN6C6CCOCC6)[nH]5)=CC4)ccc3c2)[nH]1. The van der Waals surface area contributed by atoms with E-state index < -0.39 is 0 Å². The topological polar surface area (TPSA) is 73.1 Å². The molecule has 7 nitrogen and oxygen atoms in total. The van der Waals surface area contributed by atoms with Crippen LogP contribution >= 0.6 is 0 Å². The first-order chi connectivity index (χ1) is 21.2. The molecule has 43 heavy (non-hydrogen) atoms. The fraction of sp³-hybridized carbons (Fsp3) is 0.444. The number of H-pyrrole nitrogens is 2. The Bertz CT molecular complexity index is 1660. The number of rotatable bonds is 6. The average Bonchev–Trinajstić information content (AvgIpc) is 3.88. The summed E-state index contributed by atoms with van der Waals surface area (Å²) in [5.74, 6) is 2.60. The minimum atomic E-state index is 0.382. The maximum atomic E-state index is 5.62. The fourth-order valence-corrected chi connectivity index (χ4v) is 7.83. The normalized spacial score (nSPS) is 25.6. The van der Waals surface area contributed by atoms with Crippen LogP contribution in [0.3, 0.4) is 0 Å². The lowest BCUT2D eigenvalue weighted by Gasteiger charge is -2.34. The lowest BCUT2D eigenvalue weighted by molar-refractivity contribution is 0.0280. The van der Waals surface area contributed by atoms with E-state index in [0.717, 1.165) is 62.1 Å². The van der Waals surface area contributed by atoms with Crippen molar-refractivity contribution in [3.63, 3.8) is 0 Å². The number of nitrogens with zero attached hydrogens (tertiary/aromatic N) is 4. The molecule has 5 heterocycles. The Labute approximate surface area is 254 Å². The maximum absolute atomic E-state index is 5.62. The van der Waals surface area contributed by atoms with Crippen LogP contribution in [0.5, 0.6) is 0 Å². The molecule has 7 heteroatoms. The molecule has 2 aromatic heterocycles. The summed E-state index contributed by atoms with van der Waals surface area (Å²) < 4.78 is 5.62. The van der Waals surface area contributed by atoms with Crippen LogP contribution in [-0.2, 0) is 4.74 Å². The third-order valence-electron chi connectivity index (χ3n) is 10.3. The number of ether oxygens (including phenoxy) is 1. The molecule has 0 amide bonds. The second-order valence-electron chi connectivity index (χ2n) is 12.9. The number of likely N-dealkylation sites (tertiary alicyclic amines) is 2. The van der Waals surface area contributed by atoms with E-state index in [2.05, 4.69) is 81.4 Å². The first-order valence-electron chi connectivity index (χ1n) is 16.3. The van der Waals surface area contributed by atoms with Gasteiger partial charge in [0.2, 0.25) is 0 Å². The van der Waals surface area contributed by atoms with Crippen LogP contribution in [0.25, 0.3) is 27.6 Å². The number of fused-ring (bicyclic) bond motifs is 1. The zero-order valence-corrected chi connectivity index (χ0v) is 25.1. The van der Waals surface area contributed by atoms with Gasteiger partial charge in [0.15, 0.2) is 0 Å². The molecule has 0 spiro atoms. The van der Waals surface area contributed by atoms with Crippen molar-refractivity contribution in [1.29, 1.82) is 0 Å². The van der Waals surface area contributed by atoms with E-state index in [1.54, 1.807) is 0 Å². The van der Waals surface area contributed by atoms with Gasteiger partial charge in [0.1, 0.15) is 11.6 Å². The molecular formula is C36H42N6O. The van der Waals surface area contributed by atoms with E-state index in [1.807, 2.05) is 12.4 Å². The second-order valence-corrected chi connectivity index (χ2v) is 12.9. The molecule has 4 aromatic rings. The summed E-state index contributed by atoms with van der Waals surface area (Å²) in [4.78, 5) is 22.0. The number of imidazole rings is 2. The molecule has 3 saturated heterocycles. The second kappa shape index (κ2) is 11.5. The fourth-order valence-electron chi connectivity index (χ4n) is 7.83. The summed E-state index contributed by atoms with van der Waals surface area (Å²) in [6.07, 6.45) is 19.2. The Morgan fingerprint density at radius 2 is 1.56 bits per heavy atom. The highest BCUT2D eigenvalue weighted by Crippen LogP contribution is 2.37. The van der Waals surface area contributed by atoms with Crippen molar-refractivity contribution >= 4 is 16.3 Å². The highest BCUT2D eigenvalue weighted by Gasteiger charge is 2.34. The van der Waals surface area contributed by atoms with Gasteiger partial charge in [-0.05, 0) is 93.1 Å². The molecule has 2 N–H and O–H groups in total. The standard InChI is InChI=1S/C36H42N6O/c1-41-16-2-4-33(41)35-37-23-32(40-35)29-13-12-27-20-26(10-11-28(27)21-29)24-6-8-25(9-7-24)31-22-38-36(39-31)34-5-3-17-42(34)30-14-18-43-19-15-30/h6,8-13,20-24,30,33-34H,2-5,7,14-19H2,1H3,(H,37,40)(H,38,39)/t24?,33-,34-/m0/s1. The van der Waals surface area contributed by atoms with Crippen molar-refractivity contribution in [2.45, 2.75) is 69.0 Å². The number of hydrogen-bond donors (Lipinski definition) is 2.